The summed E-state index contributed by atoms with van der Waals surface area (Å²) in [5.41, 5.74) is 4.51. The summed E-state index contributed by atoms with van der Waals surface area (Å²) >= 11 is 0. The summed E-state index contributed by atoms with van der Waals surface area (Å²) < 4.78 is 10.8. The maximum atomic E-state index is 12.4. The molecule has 0 saturated carbocycles. The number of nitro benzene ring substituents is 1. The van der Waals surface area contributed by atoms with E-state index in [0.29, 0.717) is 17.2 Å². The van der Waals surface area contributed by atoms with Crippen LogP contribution in [0.2, 0.25) is 0 Å². The van der Waals surface area contributed by atoms with Gasteiger partial charge in [-0.25, -0.2) is 4.98 Å². The molecule has 0 aliphatic carbocycles. The number of methoxy groups -OCH3 is 1. The van der Waals surface area contributed by atoms with Crippen LogP contribution in [0.3, 0.4) is 0 Å². The highest BCUT2D eigenvalue weighted by Gasteiger charge is 2.12. The fourth-order valence-electron chi connectivity index (χ4n) is 3.14. The van der Waals surface area contributed by atoms with Crippen LogP contribution in [0, 0.1) is 24.0 Å². The van der Waals surface area contributed by atoms with Crippen LogP contribution in [0.25, 0.3) is 22.6 Å². The highest BCUT2D eigenvalue weighted by atomic mass is 16.6. The normalized spacial score (nSPS) is 11.3. The predicted molar refractivity (Wildman–Crippen MR) is 115 cm³/mol. The van der Waals surface area contributed by atoms with Crippen molar-refractivity contribution in [1.82, 2.24) is 4.98 Å². The Bertz CT molecular complexity index is 1340. The third kappa shape index (κ3) is 3.95. The molecule has 3 aromatic carbocycles. The number of fused-ring (bicyclic) bond motifs is 1. The Morgan fingerprint density at radius 2 is 1.94 bits per heavy atom. The zero-order valence-corrected chi connectivity index (χ0v) is 17.1. The van der Waals surface area contributed by atoms with Crippen molar-refractivity contribution >= 4 is 28.7 Å². The lowest BCUT2D eigenvalue weighted by Crippen LogP contribution is -2.02. The molecule has 156 valence electrons. The van der Waals surface area contributed by atoms with Crippen LogP contribution in [0.1, 0.15) is 16.7 Å². The molecule has 0 amide bonds. The van der Waals surface area contributed by atoms with Crippen molar-refractivity contribution in [3.8, 4) is 23.0 Å². The zero-order valence-electron chi connectivity index (χ0n) is 17.1. The van der Waals surface area contributed by atoms with E-state index in [1.54, 1.807) is 6.07 Å². The number of nitrogens with zero attached hydrogens (tertiary/aromatic N) is 3. The summed E-state index contributed by atoms with van der Waals surface area (Å²) in [7, 11) is 1.29. The fraction of sp³-hybridized carbons (Fsp3) is 0.130. The van der Waals surface area contributed by atoms with Crippen molar-refractivity contribution in [1.29, 1.82) is 0 Å². The van der Waals surface area contributed by atoms with Crippen LogP contribution >= 0.6 is 0 Å². The quantitative estimate of drug-likeness (QED) is 0.261. The number of benzene rings is 3. The Kier molecular flexibility index (Phi) is 5.12. The van der Waals surface area contributed by atoms with Crippen LogP contribution in [0.4, 0.5) is 11.4 Å². The highest BCUT2D eigenvalue weighted by molar-refractivity contribution is 5.88. The number of aromatic nitrogens is 1. The number of nitro groups is 1. The first-order valence-corrected chi connectivity index (χ1v) is 9.41. The molecule has 0 atom stereocenters. The molecule has 0 spiro atoms. The summed E-state index contributed by atoms with van der Waals surface area (Å²) in [4.78, 5) is 19.5. The topological polar surface area (TPSA) is 114 Å². The third-order valence-corrected chi connectivity index (χ3v) is 4.84. The largest absolute Gasteiger partial charge is 0.870 e. The smallest absolute Gasteiger partial charge is 0.273 e. The summed E-state index contributed by atoms with van der Waals surface area (Å²) in [6.07, 6.45) is 1.30. The second-order valence-corrected chi connectivity index (χ2v) is 7.07. The van der Waals surface area contributed by atoms with E-state index in [-0.39, 0.29) is 17.0 Å². The van der Waals surface area contributed by atoms with E-state index < -0.39 is 10.7 Å². The van der Waals surface area contributed by atoms with E-state index in [0.717, 1.165) is 28.3 Å². The van der Waals surface area contributed by atoms with Crippen molar-refractivity contribution in [2.24, 2.45) is 4.99 Å². The lowest BCUT2D eigenvalue weighted by molar-refractivity contribution is -0.385. The van der Waals surface area contributed by atoms with Gasteiger partial charge in [-0.3, -0.25) is 15.1 Å². The zero-order chi connectivity index (χ0) is 22.1. The number of aryl methyl sites for hydroxylation is 2. The molecule has 0 radical (unpaired) electrons. The molecule has 1 heterocycles. The van der Waals surface area contributed by atoms with E-state index in [1.165, 1.54) is 19.4 Å². The number of hydrogen-bond donors (Lipinski definition) is 0. The Morgan fingerprint density at radius 3 is 2.68 bits per heavy atom. The molecular weight excluding hydrogens is 398 g/mol. The van der Waals surface area contributed by atoms with Gasteiger partial charge in [0.05, 0.1) is 23.8 Å². The minimum absolute atomic E-state index is 0.0631. The molecule has 8 nitrogen and oxygen atoms in total. The Morgan fingerprint density at radius 1 is 1.13 bits per heavy atom. The molecule has 0 fully saturated rings. The lowest BCUT2D eigenvalue weighted by atomic mass is 10.1. The van der Waals surface area contributed by atoms with Crippen molar-refractivity contribution in [3.63, 3.8) is 0 Å². The molecule has 0 bridgehead atoms. The van der Waals surface area contributed by atoms with Crippen LogP contribution in [-0.4, -0.2) is 23.2 Å². The van der Waals surface area contributed by atoms with Gasteiger partial charge in [-0.15, -0.1) is 0 Å². The summed E-state index contributed by atoms with van der Waals surface area (Å²) in [5, 5.41) is 23.6. The Hall–Kier alpha value is -4.20. The van der Waals surface area contributed by atoms with Crippen LogP contribution in [0.15, 0.2) is 57.9 Å². The maximum absolute atomic E-state index is 12.4. The number of rotatable bonds is 5. The molecule has 0 saturated heterocycles. The molecule has 0 aliphatic rings. The fourth-order valence-corrected chi connectivity index (χ4v) is 3.14. The molecule has 4 rings (SSSR count). The number of ether oxygens (including phenoxy) is 1. The molecule has 31 heavy (non-hydrogen) atoms. The van der Waals surface area contributed by atoms with Gasteiger partial charge in [0.2, 0.25) is 5.89 Å². The summed E-state index contributed by atoms with van der Waals surface area (Å²) in [6.45, 7) is 3.85. The van der Waals surface area contributed by atoms with Gasteiger partial charge in [0.1, 0.15) is 11.3 Å². The molecule has 0 aliphatic heterocycles. The first-order valence-electron chi connectivity index (χ1n) is 9.41. The first kappa shape index (κ1) is 20.1. The second kappa shape index (κ2) is 7.91. The Balaban J connectivity index is 1.73. The van der Waals surface area contributed by atoms with Gasteiger partial charge < -0.3 is 14.3 Å². The molecule has 0 unspecified atom stereocenters. The average molecular weight is 416 g/mol. The second-order valence-electron chi connectivity index (χ2n) is 7.07. The van der Waals surface area contributed by atoms with E-state index in [4.69, 9.17) is 9.15 Å². The molecule has 1 aromatic heterocycles. The number of non-ortho nitro benzene ring substituents is 1. The van der Waals surface area contributed by atoms with Gasteiger partial charge in [-0.05, 0) is 54.8 Å². The van der Waals surface area contributed by atoms with Gasteiger partial charge in [-0.2, -0.15) is 0 Å². The van der Waals surface area contributed by atoms with Crippen LogP contribution in [0.5, 0.6) is 11.5 Å². The summed E-state index contributed by atoms with van der Waals surface area (Å²) in [5.74, 6) is -0.124. The molecular formula is C23H18N3O5-. The van der Waals surface area contributed by atoms with E-state index in [1.807, 2.05) is 44.2 Å². The van der Waals surface area contributed by atoms with Crippen LogP contribution in [-0.2, 0) is 0 Å². The molecule has 4 aromatic rings. The van der Waals surface area contributed by atoms with Gasteiger partial charge in [0, 0.05) is 17.8 Å². The Labute approximate surface area is 177 Å². The van der Waals surface area contributed by atoms with Gasteiger partial charge >= 0.3 is 0 Å². The number of oxazole rings is 1. The predicted octanol–water partition coefficient (Wildman–Crippen LogP) is 4.85. The molecule has 8 heteroatoms. The first-order chi connectivity index (χ1) is 14.9. The highest BCUT2D eigenvalue weighted by Crippen LogP contribution is 2.33. The van der Waals surface area contributed by atoms with E-state index >= 15 is 0 Å². The summed E-state index contributed by atoms with van der Waals surface area (Å²) in [6, 6.07) is 13.6. The lowest BCUT2D eigenvalue weighted by Gasteiger charge is -2.15. The number of aliphatic imine (C=N–C) groups is 1. The minimum Gasteiger partial charge on any atom is -0.870 e. The van der Waals surface area contributed by atoms with Crippen molar-refractivity contribution < 1.29 is 19.2 Å². The minimum atomic E-state index is -0.583. The van der Waals surface area contributed by atoms with Gasteiger partial charge in [0.25, 0.3) is 5.69 Å². The average Bonchev–Trinajstić information content (AvgIpc) is 3.17. The van der Waals surface area contributed by atoms with Crippen LogP contribution < -0.4 is 9.84 Å². The van der Waals surface area contributed by atoms with Gasteiger partial charge in [0.15, 0.2) is 5.58 Å². The monoisotopic (exact) mass is 416 g/mol. The van der Waals surface area contributed by atoms with Crippen molar-refractivity contribution in [2.45, 2.75) is 13.8 Å². The third-order valence-electron chi connectivity index (χ3n) is 4.84. The van der Waals surface area contributed by atoms with Crippen molar-refractivity contribution in [2.75, 3.05) is 7.11 Å². The van der Waals surface area contributed by atoms with E-state index in [2.05, 4.69) is 9.98 Å². The standard InChI is InChI=1S/C23H19N3O5/c1-13-4-7-18-20(8-13)31-23(25-18)15-6-5-14(2)19(10-15)24-12-16-9-17(26(28)29)11-21(30-3)22(16)27/h4-12,27H,1-3H3/p-1. The van der Waals surface area contributed by atoms with E-state index in [9.17, 15) is 15.2 Å². The SMILES string of the molecule is COc1cc([N+](=O)[O-])cc(C=Nc2cc(-c3nc4ccc(C)cc4o3)ccc2C)c1[O-]. The van der Waals surface area contributed by atoms with Crippen molar-refractivity contribution in [3.05, 3.63) is 75.3 Å². The molecule has 0 N–H and O–H groups in total. The maximum Gasteiger partial charge on any atom is 0.273 e. The van der Waals surface area contributed by atoms with Gasteiger partial charge in [-0.1, -0.05) is 17.9 Å². The number of hydrogen-bond acceptors (Lipinski definition) is 7.